The van der Waals surface area contributed by atoms with Crippen LogP contribution in [0.5, 0.6) is 0 Å². The summed E-state index contributed by atoms with van der Waals surface area (Å²) in [4.78, 5) is 11.8. The van der Waals surface area contributed by atoms with Gasteiger partial charge in [0.15, 0.2) is 0 Å². The van der Waals surface area contributed by atoms with Crippen LogP contribution in [0.4, 0.5) is 0 Å². The summed E-state index contributed by atoms with van der Waals surface area (Å²) in [6.45, 7) is 0. The molecule has 2 aliphatic carbocycles. The topological polar surface area (TPSA) is 29.1 Å². The smallest absolute Gasteiger partial charge is 0.221 e. The van der Waals surface area contributed by atoms with Crippen molar-refractivity contribution in [1.82, 2.24) is 5.32 Å². The molecule has 3 heteroatoms. The SMILES string of the molecule is CSC1CC2(CC(=O)NC23CCCCC3)C1. The minimum atomic E-state index is 0.203. The van der Waals surface area contributed by atoms with E-state index in [-0.39, 0.29) is 5.54 Å². The molecule has 3 aliphatic rings. The zero-order chi connectivity index (χ0) is 11.2. The van der Waals surface area contributed by atoms with E-state index in [2.05, 4.69) is 11.6 Å². The number of carbonyl (C=O) groups excluding carboxylic acids is 1. The van der Waals surface area contributed by atoms with Crippen LogP contribution in [-0.4, -0.2) is 23.0 Å². The molecule has 1 heterocycles. The van der Waals surface area contributed by atoms with E-state index in [0.29, 0.717) is 11.3 Å². The van der Waals surface area contributed by atoms with E-state index in [0.717, 1.165) is 11.7 Å². The summed E-state index contributed by atoms with van der Waals surface area (Å²) in [5.74, 6) is 0.321. The van der Waals surface area contributed by atoms with Gasteiger partial charge in [-0.05, 0) is 31.9 Å². The zero-order valence-corrected chi connectivity index (χ0v) is 10.9. The van der Waals surface area contributed by atoms with Crippen molar-refractivity contribution in [2.24, 2.45) is 5.41 Å². The Bertz CT molecular complexity index is 303. The summed E-state index contributed by atoms with van der Waals surface area (Å²) in [5, 5.41) is 4.17. The molecule has 3 fully saturated rings. The van der Waals surface area contributed by atoms with Crippen LogP contribution >= 0.6 is 11.8 Å². The first-order valence-electron chi connectivity index (χ1n) is 6.54. The highest BCUT2D eigenvalue weighted by atomic mass is 32.2. The van der Waals surface area contributed by atoms with Gasteiger partial charge in [0.25, 0.3) is 0 Å². The fourth-order valence-electron chi connectivity index (χ4n) is 4.24. The summed E-state index contributed by atoms with van der Waals surface area (Å²) in [6.07, 6.45) is 12.0. The number of fused-ring (bicyclic) bond motifs is 1. The van der Waals surface area contributed by atoms with Crippen molar-refractivity contribution in [3.8, 4) is 0 Å². The van der Waals surface area contributed by atoms with Gasteiger partial charge in [-0.25, -0.2) is 0 Å². The van der Waals surface area contributed by atoms with Crippen molar-refractivity contribution >= 4 is 17.7 Å². The molecule has 0 atom stereocenters. The second-order valence-electron chi connectivity index (χ2n) is 5.91. The Morgan fingerprint density at radius 1 is 1.25 bits per heavy atom. The van der Waals surface area contributed by atoms with Crippen LogP contribution in [-0.2, 0) is 4.79 Å². The largest absolute Gasteiger partial charge is 0.350 e. The van der Waals surface area contributed by atoms with Crippen molar-refractivity contribution in [3.63, 3.8) is 0 Å². The van der Waals surface area contributed by atoms with Gasteiger partial charge in [-0.3, -0.25) is 4.79 Å². The monoisotopic (exact) mass is 239 g/mol. The van der Waals surface area contributed by atoms with Gasteiger partial charge in [0.2, 0.25) is 5.91 Å². The fraction of sp³-hybridized carbons (Fsp3) is 0.923. The van der Waals surface area contributed by atoms with Crippen molar-refractivity contribution in [2.45, 2.75) is 62.2 Å². The van der Waals surface area contributed by atoms with Gasteiger partial charge in [0.05, 0.1) is 0 Å². The highest BCUT2D eigenvalue weighted by Crippen LogP contribution is 2.61. The van der Waals surface area contributed by atoms with E-state index in [1.165, 1.54) is 44.9 Å². The van der Waals surface area contributed by atoms with Gasteiger partial charge in [-0.15, -0.1) is 0 Å². The maximum absolute atomic E-state index is 11.8. The molecule has 1 saturated heterocycles. The molecule has 0 aromatic carbocycles. The van der Waals surface area contributed by atoms with E-state index in [1.807, 2.05) is 11.8 Å². The predicted molar refractivity (Wildman–Crippen MR) is 67.5 cm³/mol. The van der Waals surface area contributed by atoms with Gasteiger partial charge in [-0.1, -0.05) is 19.3 Å². The van der Waals surface area contributed by atoms with Crippen LogP contribution in [0.25, 0.3) is 0 Å². The van der Waals surface area contributed by atoms with Crippen molar-refractivity contribution < 1.29 is 4.79 Å². The number of hydrogen-bond donors (Lipinski definition) is 1. The minimum absolute atomic E-state index is 0.203. The van der Waals surface area contributed by atoms with Crippen LogP contribution in [0.15, 0.2) is 0 Å². The Balaban J connectivity index is 1.83. The van der Waals surface area contributed by atoms with E-state index in [9.17, 15) is 4.79 Å². The molecule has 0 aromatic rings. The number of nitrogens with one attached hydrogen (secondary N) is 1. The first-order valence-corrected chi connectivity index (χ1v) is 7.82. The number of amides is 1. The van der Waals surface area contributed by atoms with E-state index in [1.54, 1.807) is 0 Å². The van der Waals surface area contributed by atoms with Crippen LogP contribution in [0.2, 0.25) is 0 Å². The molecule has 3 rings (SSSR count). The summed E-state index contributed by atoms with van der Waals surface area (Å²) in [5.41, 5.74) is 0.548. The quantitative estimate of drug-likeness (QED) is 0.762. The Hall–Kier alpha value is -0.180. The summed E-state index contributed by atoms with van der Waals surface area (Å²) < 4.78 is 0. The van der Waals surface area contributed by atoms with Gasteiger partial charge in [0.1, 0.15) is 0 Å². The molecule has 2 spiro atoms. The molecule has 1 amide bonds. The van der Waals surface area contributed by atoms with Crippen LogP contribution in [0.3, 0.4) is 0 Å². The lowest BCUT2D eigenvalue weighted by atomic mass is 9.53. The Kier molecular flexibility index (Phi) is 2.50. The summed E-state index contributed by atoms with van der Waals surface area (Å²) in [7, 11) is 0. The molecule has 1 N–H and O–H groups in total. The van der Waals surface area contributed by atoms with Crippen molar-refractivity contribution in [2.75, 3.05) is 6.26 Å². The Labute approximate surface area is 102 Å². The molecule has 0 aromatic heterocycles. The molecule has 0 unspecified atom stereocenters. The van der Waals surface area contributed by atoms with Gasteiger partial charge in [-0.2, -0.15) is 11.8 Å². The highest BCUT2D eigenvalue weighted by Gasteiger charge is 2.62. The lowest BCUT2D eigenvalue weighted by Gasteiger charge is -2.56. The van der Waals surface area contributed by atoms with Crippen LogP contribution < -0.4 is 5.32 Å². The van der Waals surface area contributed by atoms with Gasteiger partial charge >= 0.3 is 0 Å². The standard InChI is InChI=1S/C13H21NOS/c1-16-10-7-12(8-10)9-11(15)14-13(12)5-3-2-4-6-13/h10H,2-9H2,1H3,(H,14,15). The molecular weight excluding hydrogens is 218 g/mol. The second kappa shape index (κ2) is 3.66. The van der Waals surface area contributed by atoms with Crippen LogP contribution in [0.1, 0.15) is 51.4 Å². The average molecular weight is 239 g/mol. The highest BCUT2D eigenvalue weighted by molar-refractivity contribution is 7.99. The summed E-state index contributed by atoms with van der Waals surface area (Å²) >= 11 is 1.98. The molecule has 90 valence electrons. The number of rotatable bonds is 1. The second-order valence-corrected chi connectivity index (χ2v) is 7.05. The lowest BCUT2D eigenvalue weighted by Crippen LogP contribution is -2.59. The fourth-order valence-corrected chi connectivity index (χ4v) is 5.22. The zero-order valence-electron chi connectivity index (χ0n) is 10.1. The molecule has 0 bridgehead atoms. The first kappa shape index (κ1) is 10.9. The van der Waals surface area contributed by atoms with Gasteiger partial charge < -0.3 is 5.32 Å². The van der Waals surface area contributed by atoms with Crippen molar-refractivity contribution in [3.05, 3.63) is 0 Å². The molecule has 1 aliphatic heterocycles. The third kappa shape index (κ3) is 1.36. The third-order valence-electron chi connectivity index (χ3n) is 5.17. The minimum Gasteiger partial charge on any atom is -0.350 e. The maximum Gasteiger partial charge on any atom is 0.221 e. The third-order valence-corrected chi connectivity index (χ3v) is 6.17. The molecule has 2 saturated carbocycles. The Morgan fingerprint density at radius 3 is 2.56 bits per heavy atom. The van der Waals surface area contributed by atoms with Crippen LogP contribution in [0, 0.1) is 5.41 Å². The summed E-state index contributed by atoms with van der Waals surface area (Å²) in [6, 6.07) is 0. The number of carbonyl (C=O) groups is 1. The Morgan fingerprint density at radius 2 is 1.94 bits per heavy atom. The number of hydrogen-bond acceptors (Lipinski definition) is 2. The average Bonchev–Trinajstić information content (AvgIpc) is 2.50. The lowest BCUT2D eigenvalue weighted by molar-refractivity contribution is -0.120. The number of thioether (sulfide) groups is 1. The predicted octanol–water partition coefficient (Wildman–Crippen LogP) is 2.72. The molecule has 0 radical (unpaired) electrons. The first-order chi connectivity index (χ1) is 7.70. The molecule has 16 heavy (non-hydrogen) atoms. The maximum atomic E-state index is 11.8. The van der Waals surface area contributed by atoms with E-state index < -0.39 is 0 Å². The molecule has 2 nitrogen and oxygen atoms in total. The van der Waals surface area contributed by atoms with Crippen molar-refractivity contribution in [1.29, 1.82) is 0 Å². The van der Waals surface area contributed by atoms with E-state index in [4.69, 9.17) is 0 Å². The molecular formula is C13H21NOS. The normalized spacial score (nSPS) is 41.1. The van der Waals surface area contributed by atoms with E-state index >= 15 is 0 Å². The van der Waals surface area contributed by atoms with Gasteiger partial charge in [0, 0.05) is 22.6 Å².